The number of unbranched alkanes of at least 4 members (excludes halogenated alkanes) is 5. The molecule has 0 radical (unpaired) electrons. The molecular formula is C62H98NO7P. The number of nitrogens with zero attached hydrogens (tertiary/aromatic N) is 1. The summed E-state index contributed by atoms with van der Waals surface area (Å²) in [6.07, 6.45) is 81.1. The van der Waals surface area contributed by atoms with E-state index in [-0.39, 0.29) is 26.2 Å². The maximum atomic E-state index is 12.8. The van der Waals surface area contributed by atoms with Crippen LogP contribution >= 0.6 is 7.82 Å². The van der Waals surface area contributed by atoms with E-state index in [1.165, 1.54) is 0 Å². The van der Waals surface area contributed by atoms with Crippen LogP contribution < -0.4 is 4.89 Å². The second-order valence-electron chi connectivity index (χ2n) is 18.1. The van der Waals surface area contributed by atoms with E-state index in [0.29, 0.717) is 24.1 Å². The molecule has 0 aliphatic heterocycles. The predicted molar refractivity (Wildman–Crippen MR) is 304 cm³/mol. The molecule has 0 aromatic carbocycles. The fourth-order valence-electron chi connectivity index (χ4n) is 6.22. The van der Waals surface area contributed by atoms with Gasteiger partial charge in [-0.1, -0.05) is 197 Å². The van der Waals surface area contributed by atoms with E-state index >= 15 is 0 Å². The molecule has 0 bridgehead atoms. The van der Waals surface area contributed by atoms with Gasteiger partial charge in [0.2, 0.25) is 0 Å². The number of quaternary nitrogens is 1. The summed E-state index contributed by atoms with van der Waals surface area (Å²) in [4.78, 5) is 25.2. The molecule has 0 aromatic rings. The van der Waals surface area contributed by atoms with Crippen LogP contribution in [0.15, 0.2) is 170 Å². The average molecular weight is 1000 g/mol. The maximum Gasteiger partial charge on any atom is 0.306 e. The van der Waals surface area contributed by atoms with Crippen molar-refractivity contribution < 1.29 is 37.3 Å². The summed E-state index contributed by atoms with van der Waals surface area (Å²) in [6.45, 7) is 4.98. The first-order valence-corrected chi connectivity index (χ1v) is 28.3. The number of hydrogen-bond donors (Lipinski definition) is 0. The molecule has 0 N–H and O–H groups in total. The van der Waals surface area contributed by atoms with Gasteiger partial charge in [0.1, 0.15) is 19.3 Å². The first-order chi connectivity index (χ1) is 34.6. The van der Waals surface area contributed by atoms with Gasteiger partial charge >= 0.3 is 5.97 Å². The predicted octanol–water partition coefficient (Wildman–Crippen LogP) is 16.5. The number of carbonyl (C=O) groups excluding carboxylic acids is 1. The quantitative estimate of drug-likeness (QED) is 0.0197. The Morgan fingerprint density at radius 3 is 1.14 bits per heavy atom. The number of phosphoric acid groups is 1. The standard InChI is InChI=1S/C62H98NO7P/c1-6-8-10-12-14-16-18-20-22-24-26-28-30-31-32-34-36-38-40-42-44-46-48-50-52-54-57-67-59-61(60-69-71(65,66)68-58-56-63(3,4)5)70-62(64)55-53-51-49-47-45-43-41-39-37-35-33-29-27-25-23-21-19-17-15-13-11-9-7-2/h8-11,14-17,20-23,26-29,31-32,35-38,41-44,47,49,61H,6-7,12-13,18-19,24-25,30,33-34,39-40,45-46,48,50-60H2,1-5H3/b10-8-,11-9-,16-14-,17-15-,22-20-,23-21-,28-26-,29-27-,32-31-,37-35-,38-36-,43-41-,44-42-,49-47-. The van der Waals surface area contributed by atoms with Crippen LogP contribution in [0.5, 0.6) is 0 Å². The molecule has 0 aliphatic carbocycles. The molecule has 0 aromatic heterocycles. The monoisotopic (exact) mass is 1000 g/mol. The van der Waals surface area contributed by atoms with E-state index in [9.17, 15) is 14.3 Å². The maximum absolute atomic E-state index is 12.8. The van der Waals surface area contributed by atoms with E-state index in [0.717, 1.165) is 128 Å². The van der Waals surface area contributed by atoms with Crippen LogP contribution in [0.1, 0.15) is 155 Å². The van der Waals surface area contributed by atoms with E-state index in [4.69, 9.17) is 18.5 Å². The Morgan fingerprint density at radius 1 is 0.437 bits per heavy atom. The first kappa shape index (κ1) is 66.9. The van der Waals surface area contributed by atoms with Gasteiger partial charge < -0.3 is 27.9 Å². The van der Waals surface area contributed by atoms with Crippen molar-refractivity contribution in [3.05, 3.63) is 170 Å². The second kappa shape index (κ2) is 52.2. The van der Waals surface area contributed by atoms with Gasteiger partial charge in [-0.3, -0.25) is 9.36 Å². The molecular weight excluding hydrogens is 902 g/mol. The Hall–Kier alpha value is -4.14. The Balaban J connectivity index is 4.36. The zero-order chi connectivity index (χ0) is 51.9. The Morgan fingerprint density at radius 2 is 0.775 bits per heavy atom. The van der Waals surface area contributed by atoms with Crippen LogP contribution in [-0.4, -0.2) is 70.7 Å². The van der Waals surface area contributed by atoms with Gasteiger partial charge in [-0.05, 0) is 122 Å². The Bertz CT molecular complexity index is 1730. The van der Waals surface area contributed by atoms with Crippen molar-refractivity contribution in [3.63, 3.8) is 0 Å². The lowest BCUT2D eigenvalue weighted by Gasteiger charge is -2.28. The van der Waals surface area contributed by atoms with Crippen molar-refractivity contribution in [1.82, 2.24) is 0 Å². The molecule has 0 fully saturated rings. The fourth-order valence-corrected chi connectivity index (χ4v) is 6.95. The zero-order valence-corrected chi connectivity index (χ0v) is 46.0. The minimum atomic E-state index is -4.57. The molecule has 0 spiro atoms. The SMILES string of the molecule is CC/C=C\C/C=C\C/C=C\C/C=C\C/C=C\C/C=C\C/C=C\CCCCCCOCC(COP(=O)([O-])OCC[N+](C)(C)C)OC(=O)CCC/C=C\C/C=C\C/C=C\C/C=C\C/C=C\C/C=C\C/C=C\CC. The molecule has 0 amide bonds. The van der Waals surface area contributed by atoms with E-state index < -0.39 is 19.9 Å². The van der Waals surface area contributed by atoms with E-state index in [1.807, 2.05) is 21.1 Å². The number of rotatable bonds is 47. The Kier molecular flexibility index (Phi) is 49.1. The van der Waals surface area contributed by atoms with Gasteiger partial charge in [-0.25, -0.2) is 0 Å². The number of ether oxygens (including phenoxy) is 2. The van der Waals surface area contributed by atoms with Crippen molar-refractivity contribution in [1.29, 1.82) is 0 Å². The summed E-state index contributed by atoms with van der Waals surface area (Å²) in [6, 6.07) is 0. The van der Waals surface area contributed by atoms with Crippen molar-refractivity contribution in [2.45, 2.75) is 161 Å². The average Bonchev–Trinajstić information content (AvgIpc) is 3.33. The summed E-state index contributed by atoms with van der Waals surface area (Å²) in [5.74, 6) is -0.409. The van der Waals surface area contributed by atoms with Gasteiger partial charge in [0.15, 0.2) is 0 Å². The third kappa shape index (κ3) is 56.6. The molecule has 0 heterocycles. The fraction of sp³-hybridized carbons (Fsp3) is 0.532. The third-order valence-corrected chi connectivity index (χ3v) is 11.2. The molecule has 0 aliphatic rings. The van der Waals surface area contributed by atoms with Gasteiger partial charge in [0.25, 0.3) is 7.82 Å². The molecule has 0 saturated carbocycles. The number of hydrogen-bond acceptors (Lipinski definition) is 7. The Labute approximate surface area is 434 Å². The highest BCUT2D eigenvalue weighted by molar-refractivity contribution is 7.45. The van der Waals surface area contributed by atoms with Gasteiger partial charge in [0.05, 0.1) is 34.4 Å². The van der Waals surface area contributed by atoms with Crippen LogP contribution in [0, 0.1) is 0 Å². The van der Waals surface area contributed by atoms with Crippen LogP contribution in [0.2, 0.25) is 0 Å². The highest BCUT2D eigenvalue weighted by atomic mass is 31.2. The normalized spacial score (nSPS) is 14.8. The number of phosphoric ester groups is 1. The summed E-state index contributed by atoms with van der Waals surface area (Å²) in [5.41, 5.74) is 0. The molecule has 2 unspecified atom stereocenters. The van der Waals surface area contributed by atoms with E-state index in [2.05, 4.69) is 184 Å². The zero-order valence-electron chi connectivity index (χ0n) is 45.1. The number of carbonyl (C=O) groups is 1. The van der Waals surface area contributed by atoms with Crippen LogP contribution in [0.3, 0.4) is 0 Å². The van der Waals surface area contributed by atoms with Crippen molar-refractivity contribution in [2.24, 2.45) is 0 Å². The third-order valence-electron chi connectivity index (χ3n) is 10.3. The second-order valence-corrected chi connectivity index (χ2v) is 19.5. The molecule has 398 valence electrons. The molecule has 0 rings (SSSR count). The van der Waals surface area contributed by atoms with Crippen molar-refractivity contribution in [2.75, 3.05) is 54.1 Å². The van der Waals surface area contributed by atoms with E-state index in [1.54, 1.807) is 0 Å². The summed E-state index contributed by atoms with van der Waals surface area (Å²) in [5, 5.41) is 0. The lowest BCUT2D eigenvalue weighted by atomic mass is 10.1. The lowest BCUT2D eigenvalue weighted by Crippen LogP contribution is -2.37. The summed E-state index contributed by atoms with van der Waals surface area (Å²) < 4.78 is 34.7. The summed E-state index contributed by atoms with van der Waals surface area (Å²) >= 11 is 0. The molecule has 8 nitrogen and oxygen atoms in total. The smallest absolute Gasteiger partial charge is 0.306 e. The minimum absolute atomic E-state index is 0.00187. The van der Waals surface area contributed by atoms with Crippen molar-refractivity contribution >= 4 is 13.8 Å². The topological polar surface area (TPSA) is 94.1 Å². The van der Waals surface area contributed by atoms with Crippen LogP contribution in [0.25, 0.3) is 0 Å². The van der Waals surface area contributed by atoms with Crippen LogP contribution in [-0.2, 0) is 27.9 Å². The number of esters is 1. The molecule has 71 heavy (non-hydrogen) atoms. The van der Waals surface area contributed by atoms with Gasteiger partial charge in [-0.2, -0.15) is 0 Å². The largest absolute Gasteiger partial charge is 0.756 e. The number of allylic oxidation sites excluding steroid dienone is 28. The van der Waals surface area contributed by atoms with Gasteiger partial charge in [0, 0.05) is 13.0 Å². The minimum Gasteiger partial charge on any atom is -0.756 e. The molecule has 9 heteroatoms. The highest BCUT2D eigenvalue weighted by Gasteiger charge is 2.20. The van der Waals surface area contributed by atoms with Crippen LogP contribution in [0.4, 0.5) is 0 Å². The number of likely N-dealkylation sites (N-methyl/N-ethyl adjacent to an activating group) is 1. The highest BCUT2D eigenvalue weighted by Crippen LogP contribution is 2.38. The lowest BCUT2D eigenvalue weighted by molar-refractivity contribution is -0.870. The first-order valence-electron chi connectivity index (χ1n) is 26.9. The summed E-state index contributed by atoms with van der Waals surface area (Å²) in [7, 11) is 1.27. The van der Waals surface area contributed by atoms with Gasteiger partial charge in [-0.15, -0.1) is 0 Å². The molecule has 0 saturated heterocycles. The van der Waals surface area contributed by atoms with Crippen molar-refractivity contribution in [3.8, 4) is 0 Å². The molecule has 2 atom stereocenters.